The van der Waals surface area contributed by atoms with Gasteiger partial charge in [0.2, 0.25) is 0 Å². The Hall–Kier alpha value is -1.68. The summed E-state index contributed by atoms with van der Waals surface area (Å²) in [7, 11) is 0. The largest absolute Gasteiger partial charge is 0.379 e. The van der Waals surface area contributed by atoms with Gasteiger partial charge >= 0.3 is 0 Å². The maximum absolute atomic E-state index is 5.57. The van der Waals surface area contributed by atoms with Gasteiger partial charge in [-0.05, 0) is 23.1 Å². The Morgan fingerprint density at radius 3 is 2.33 bits per heavy atom. The lowest BCUT2D eigenvalue weighted by atomic mass is 9.98. The third-order valence-electron chi connectivity index (χ3n) is 5.31. The van der Waals surface area contributed by atoms with Crippen molar-refractivity contribution in [2.24, 2.45) is 0 Å². The van der Waals surface area contributed by atoms with Crippen LogP contribution in [0.25, 0.3) is 0 Å². The van der Waals surface area contributed by atoms with Crippen molar-refractivity contribution in [1.29, 1.82) is 0 Å². The average molecular weight is 322 g/mol. The van der Waals surface area contributed by atoms with Crippen LogP contribution in [0.15, 0.2) is 54.6 Å². The molecule has 1 saturated heterocycles. The number of rotatable bonds is 4. The van der Waals surface area contributed by atoms with Crippen molar-refractivity contribution in [3.8, 4) is 0 Å². The number of nitrogens with zero attached hydrogens (tertiary/aromatic N) is 2. The first-order valence-electron chi connectivity index (χ1n) is 9.06. The molecule has 0 amide bonds. The predicted molar refractivity (Wildman–Crippen MR) is 97.0 cm³/mol. The molecule has 0 N–H and O–H groups in total. The fourth-order valence-electron chi connectivity index (χ4n) is 3.95. The zero-order chi connectivity index (χ0) is 16.2. The third-order valence-corrected chi connectivity index (χ3v) is 5.31. The molecule has 4 rings (SSSR count). The highest BCUT2D eigenvalue weighted by Gasteiger charge is 2.26. The van der Waals surface area contributed by atoms with E-state index < -0.39 is 0 Å². The molecule has 0 aromatic heterocycles. The molecule has 2 aliphatic heterocycles. The van der Waals surface area contributed by atoms with Gasteiger partial charge < -0.3 is 4.74 Å². The van der Waals surface area contributed by atoms with E-state index in [1.165, 1.54) is 23.1 Å². The summed E-state index contributed by atoms with van der Waals surface area (Å²) in [5.41, 5.74) is 4.45. The maximum atomic E-state index is 5.57. The second-order valence-electron chi connectivity index (χ2n) is 6.83. The molecule has 24 heavy (non-hydrogen) atoms. The quantitative estimate of drug-likeness (QED) is 0.860. The molecule has 1 fully saturated rings. The Morgan fingerprint density at radius 1 is 0.833 bits per heavy atom. The van der Waals surface area contributed by atoms with Crippen molar-refractivity contribution in [3.63, 3.8) is 0 Å². The van der Waals surface area contributed by atoms with E-state index in [4.69, 9.17) is 4.74 Å². The van der Waals surface area contributed by atoms with Gasteiger partial charge in [0.25, 0.3) is 0 Å². The zero-order valence-corrected chi connectivity index (χ0v) is 14.2. The summed E-state index contributed by atoms with van der Waals surface area (Å²) in [6, 6.07) is 20.3. The average Bonchev–Trinajstić information content (AvgIpc) is 2.67. The number of ether oxygens (including phenoxy) is 1. The van der Waals surface area contributed by atoms with Crippen molar-refractivity contribution < 1.29 is 4.74 Å². The Morgan fingerprint density at radius 2 is 1.54 bits per heavy atom. The van der Waals surface area contributed by atoms with E-state index >= 15 is 0 Å². The van der Waals surface area contributed by atoms with Gasteiger partial charge in [0, 0.05) is 38.8 Å². The van der Waals surface area contributed by atoms with Crippen LogP contribution in [-0.2, 0) is 17.7 Å². The summed E-state index contributed by atoms with van der Waals surface area (Å²) in [5.74, 6) is 0. The Kier molecular flexibility index (Phi) is 4.93. The lowest BCUT2D eigenvalue weighted by molar-refractivity contribution is 0.00644. The Bertz CT molecular complexity index is 652. The molecule has 2 aliphatic rings. The molecular formula is C21H26N2O. The number of fused-ring (bicyclic) bond motifs is 1. The van der Waals surface area contributed by atoms with E-state index in [2.05, 4.69) is 64.4 Å². The normalized spacial score (nSPS) is 20.5. The summed E-state index contributed by atoms with van der Waals surface area (Å²) >= 11 is 0. The van der Waals surface area contributed by atoms with Crippen LogP contribution in [0.1, 0.15) is 22.7 Å². The number of hydrogen-bond acceptors (Lipinski definition) is 3. The van der Waals surface area contributed by atoms with Crippen molar-refractivity contribution in [1.82, 2.24) is 9.80 Å². The molecule has 2 heterocycles. The van der Waals surface area contributed by atoms with Gasteiger partial charge in [-0.2, -0.15) is 0 Å². The zero-order valence-electron chi connectivity index (χ0n) is 14.2. The molecular weight excluding hydrogens is 296 g/mol. The summed E-state index contributed by atoms with van der Waals surface area (Å²) in [6.07, 6.45) is 1.17. The monoisotopic (exact) mass is 322 g/mol. The summed E-state index contributed by atoms with van der Waals surface area (Å²) in [6.45, 7) is 7.10. The van der Waals surface area contributed by atoms with Gasteiger partial charge in [-0.3, -0.25) is 9.80 Å². The number of morpholine rings is 1. The van der Waals surface area contributed by atoms with Crippen LogP contribution in [0.2, 0.25) is 0 Å². The fraction of sp³-hybridized carbons (Fsp3) is 0.429. The molecule has 1 atom stereocenters. The maximum Gasteiger partial charge on any atom is 0.0594 e. The minimum atomic E-state index is 0.459. The van der Waals surface area contributed by atoms with E-state index in [1.807, 2.05) is 0 Å². The van der Waals surface area contributed by atoms with Crippen LogP contribution < -0.4 is 0 Å². The van der Waals surface area contributed by atoms with Gasteiger partial charge in [-0.25, -0.2) is 0 Å². The lowest BCUT2D eigenvalue weighted by Crippen LogP contribution is -2.44. The molecule has 0 bridgehead atoms. The molecule has 3 heteroatoms. The Labute approximate surface area is 144 Å². The molecule has 3 nitrogen and oxygen atoms in total. The van der Waals surface area contributed by atoms with Gasteiger partial charge in [0.15, 0.2) is 0 Å². The van der Waals surface area contributed by atoms with E-state index in [1.54, 1.807) is 0 Å². The fourth-order valence-corrected chi connectivity index (χ4v) is 3.95. The standard InChI is InChI=1S/C21H26N2O/c1-2-7-19(8-3-1)21(23-12-14-24-15-13-23)17-22-11-10-18-6-4-5-9-20(18)16-22/h1-9,21H,10-17H2/t21-/m1/s1. The third kappa shape index (κ3) is 3.54. The molecule has 0 unspecified atom stereocenters. The van der Waals surface area contributed by atoms with E-state index in [0.29, 0.717) is 6.04 Å². The summed E-state index contributed by atoms with van der Waals surface area (Å²) in [4.78, 5) is 5.22. The molecule has 2 aromatic carbocycles. The molecule has 0 radical (unpaired) electrons. The first-order chi connectivity index (χ1) is 11.9. The van der Waals surface area contributed by atoms with Gasteiger partial charge in [-0.1, -0.05) is 54.6 Å². The molecule has 2 aromatic rings. The van der Waals surface area contributed by atoms with Gasteiger partial charge in [-0.15, -0.1) is 0 Å². The minimum absolute atomic E-state index is 0.459. The van der Waals surface area contributed by atoms with Crippen LogP contribution in [0.3, 0.4) is 0 Å². The molecule has 0 spiro atoms. The second kappa shape index (κ2) is 7.47. The Balaban J connectivity index is 1.52. The summed E-state index contributed by atoms with van der Waals surface area (Å²) < 4.78 is 5.57. The smallest absolute Gasteiger partial charge is 0.0594 e. The molecule has 0 aliphatic carbocycles. The van der Waals surface area contributed by atoms with E-state index in [-0.39, 0.29) is 0 Å². The molecule has 126 valence electrons. The van der Waals surface area contributed by atoms with Crippen LogP contribution in [0.5, 0.6) is 0 Å². The van der Waals surface area contributed by atoms with Crippen molar-refractivity contribution in [2.75, 3.05) is 39.4 Å². The minimum Gasteiger partial charge on any atom is -0.379 e. The van der Waals surface area contributed by atoms with Crippen LogP contribution in [0.4, 0.5) is 0 Å². The summed E-state index contributed by atoms with van der Waals surface area (Å²) in [5, 5.41) is 0. The number of hydrogen-bond donors (Lipinski definition) is 0. The van der Waals surface area contributed by atoms with Crippen LogP contribution >= 0.6 is 0 Å². The van der Waals surface area contributed by atoms with Gasteiger partial charge in [0.05, 0.1) is 13.2 Å². The lowest BCUT2D eigenvalue weighted by Gasteiger charge is -2.39. The highest BCUT2D eigenvalue weighted by atomic mass is 16.5. The topological polar surface area (TPSA) is 15.7 Å². The van der Waals surface area contributed by atoms with Crippen molar-refractivity contribution >= 4 is 0 Å². The van der Waals surface area contributed by atoms with Crippen LogP contribution in [0, 0.1) is 0 Å². The SMILES string of the molecule is c1ccc([C@@H](CN2CCc3ccccc3C2)N2CCOCC2)cc1. The van der Waals surface area contributed by atoms with Crippen molar-refractivity contribution in [3.05, 3.63) is 71.3 Å². The van der Waals surface area contributed by atoms with Crippen molar-refractivity contribution in [2.45, 2.75) is 19.0 Å². The highest BCUT2D eigenvalue weighted by Crippen LogP contribution is 2.26. The van der Waals surface area contributed by atoms with E-state index in [0.717, 1.165) is 45.9 Å². The van der Waals surface area contributed by atoms with E-state index in [9.17, 15) is 0 Å². The highest BCUT2D eigenvalue weighted by molar-refractivity contribution is 5.29. The second-order valence-corrected chi connectivity index (χ2v) is 6.83. The predicted octanol–water partition coefficient (Wildman–Crippen LogP) is 3.12. The molecule has 0 saturated carbocycles. The first-order valence-corrected chi connectivity index (χ1v) is 9.06. The van der Waals surface area contributed by atoms with Gasteiger partial charge in [0.1, 0.15) is 0 Å². The number of benzene rings is 2. The van der Waals surface area contributed by atoms with Crippen LogP contribution in [-0.4, -0.2) is 49.2 Å². The first kappa shape index (κ1) is 15.8.